The van der Waals surface area contributed by atoms with Crippen molar-refractivity contribution >= 4 is 6.34 Å². The molecule has 0 atom stereocenters. The van der Waals surface area contributed by atoms with Crippen molar-refractivity contribution in [3.05, 3.63) is 24.4 Å². The molecule has 0 amide bonds. The first-order valence-electron chi connectivity index (χ1n) is 2.30. The minimum Gasteiger partial charge on any atom is -0.390 e. The van der Waals surface area contributed by atoms with Crippen LogP contribution in [0.2, 0.25) is 0 Å². The fourth-order valence-corrected chi connectivity index (χ4v) is 0.220. The molecule has 0 unspecified atom stereocenters. The summed E-state index contributed by atoms with van der Waals surface area (Å²) >= 11 is 0. The lowest BCUT2D eigenvalue weighted by molar-refractivity contribution is 1.48. The predicted molar refractivity (Wildman–Crippen MR) is 36.6 cm³/mol. The van der Waals surface area contributed by atoms with E-state index in [2.05, 4.69) is 11.6 Å². The summed E-state index contributed by atoms with van der Waals surface area (Å²) in [7, 11) is 0. The first-order chi connectivity index (χ1) is 4.31. The zero-order valence-corrected chi connectivity index (χ0v) is 4.91. The van der Waals surface area contributed by atoms with Crippen LogP contribution in [0, 0.1) is 11.3 Å². The molecular formula is C6H7N3. The van der Waals surface area contributed by atoms with E-state index in [1.807, 2.05) is 6.07 Å². The van der Waals surface area contributed by atoms with Crippen molar-refractivity contribution < 1.29 is 0 Å². The number of nitrogens with two attached hydrogens (primary N) is 1. The Morgan fingerprint density at radius 3 is 2.89 bits per heavy atom. The summed E-state index contributed by atoms with van der Waals surface area (Å²) in [4.78, 5) is 3.52. The molecule has 0 saturated carbocycles. The molecule has 0 radical (unpaired) electrons. The van der Waals surface area contributed by atoms with Crippen molar-refractivity contribution in [3.8, 4) is 6.07 Å². The Balaban J connectivity index is 3.75. The first-order valence-corrected chi connectivity index (χ1v) is 2.30. The SMILES string of the molecule is C=C(C#N)C=CN=CN. The van der Waals surface area contributed by atoms with Gasteiger partial charge in [-0.25, -0.2) is 4.99 Å². The number of allylic oxidation sites excluding steroid dienone is 2. The van der Waals surface area contributed by atoms with Crippen molar-refractivity contribution in [1.29, 1.82) is 5.26 Å². The van der Waals surface area contributed by atoms with Gasteiger partial charge in [0.15, 0.2) is 0 Å². The Morgan fingerprint density at radius 2 is 2.44 bits per heavy atom. The molecule has 3 nitrogen and oxygen atoms in total. The van der Waals surface area contributed by atoms with Gasteiger partial charge < -0.3 is 5.73 Å². The smallest absolute Gasteiger partial charge is 0.0985 e. The van der Waals surface area contributed by atoms with Crippen LogP contribution in [0.1, 0.15) is 0 Å². The summed E-state index contributed by atoms with van der Waals surface area (Å²) in [5.74, 6) is 0. The summed E-state index contributed by atoms with van der Waals surface area (Å²) in [6.07, 6.45) is 4.02. The zero-order chi connectivity index (χ0) is 7.11. The Morgan fingerprint density at radius 1 is 1.78 bits per heavy atom. The minimum atomic E-state index is 0.362. The second-order valence-electron chi connectivity index (χ2n) is 1.25. The summed E-state index contributed by atoms with van der Waals surface area (Å²) < 4.78 is 0. The standard InChI is InChI=1S/C6H7N3/c1-6(4-7)2-3-9-5-8/h2-3,5H,1H2,(H2,8,9). The van der Waals surface area contributed by atoms with E-state index in [1.165, 1.54) is 12.3 Å². The molecule has 0 saturated heterocycles. The number of hydrogen-bond acceptors (Lipinski definition) is 2. The third-order valence-electron chi connectivity index (χ3n) is 0.591. The molecule has 0 bridgehead atoms. The van der Waals surface area contributed by atoms with Gasteiger partial charge in [0.25, 0.3) is 0 Å². The van der Waals surface area contributed by atoms with Gasteiger partial charge in [0, 0.05) is 11.8 Å². The van der Waals surface area contributed by atoms with Gasteiger partial charge in [0.2, 0.25) is 0 Å². The van der Waals surface area contributed by atoms with Crippen molar-refractivity contribution in [2.75, 3.05) is 0 Å². The third kappa shape index (κ3) is 4.29. The van der Waals surface area contributed by atoms with Gasteiger partial charge in [-0.2, -0.15) is 5.26 Å². The lowest BCUT2D eigenvalue weighted by Gasteiger charge is -1.75. The second kappa shape index (κ2) is 4.60. The van der Waals surface area contributed by atoms with Crippen molar-refractivity contribution in [2.45, 2.75) is 0 Å². The Kier molecular flexibility index (Phi) is 3.80. The van der Waals surface area contributed by atoms with Crippen molar-refractivity contribution in [2.24, 2.45) is 10.7 Å². The van der Waals surface area contributed by atoms with E-state index >= 15 is 0 Å². The summed E-state index contributed by atoms with van der Waals surface area (Å²) in [6.45, 7) is 3.38. The Hall–Kier alpha value is -1.56. The lowest BCUT2D eigenvalue weighted by Crippen LogP contribution is -1.85. The molecule has 0 aromatic rings. The van der Waals surface area contributed by atoms with Crippen LogP contribution < -0.4 is 5.73 Å². The molecule has 0 aromatic carbocycles. The van der Waals surface area contributed by atoms with Gasteiger partial charge in [0.1, 0.15) is 0 Å². The largest absolute Gasteiger partial charge is 0.390 e. The molecule has 0 aromatic heterocycles. The number of nitriles is 1. The molecule has 9 heavy (non-hydrogen) atoms. The molecule has 0 aliphatic carbocycles. The van der Waals surface area contributed by atoms with Gasteiger partial charge >= 0.3 is 0 Å². The molecule has 0 aliphatic rings. The van der Waals surface area contributed by atoms with Gasteiger partial charge in [-0.1, -0.05) is 6.58 Å². The van der Waals surface area contributed by atoms with Crippen LogP contribution in [0.3, 0.4) is 0 Å². The van der Waals surface area contributed by atoms with Crippen LogP contribution in [0.15, 0.2) is 29.4 Å². The molecule has 3 heteroatoms. The van der Waals surface area contributed by atoms with E-state index < -0.39 is 0 Å². The van der Waals surface area contributed by atoms with Gasteiger partial charge in [-0.05, 0) is 6.08 Å². The van der Waals surface area contributed by atoms with Crippen LogP contribution >= 0.6 is 0 Å². The Bertz CT molecular complexity index is 183. The Labute approximate surface area is 53.8 Å². The number of hydrogen-bond donors (Lipinski definition) is 1. The second-order valence-corrected chi connectivity index (χ2v) is 1.25. The molecule has 0 rings (SSSR count). The molecular weight excluding hydrogens is 114 g/mol. The number of rotatable bonds is 2. The topological polar surface area (TPSA) is 62.2 Å². The molecule has 0 aliphatic heterocycles. The van der Waals surface area contributed by atoms with Crippen molar-refractivity contribution in [3.63, 3.8) is 0 Å². The molecule has 2 N–H and O–H groups in total. The molecule has 0 heterocycles. The van der Waals surface area contributed by atoms with Gasteiger partial charge in [-0.3, -0.25) is 0 Å². The monoisotopic (exact) mass is 121 g/mol. The highest BCUT2D eigenvalue weighted by Gasteiger charge is 1.76. The number of aliphatic imine (C=N–C) groups is 1. The van der Waals surface area contributed by atoms with E-state index in [9.17, 15) is 0 Å². The predicted octanol–water partition coefficient (Wildman–Crippen LogP) is 0.567. The summed E-state index contributed by atoms with van der Waals surface area (Å²) in [5.41, 5.74) is 5.26. The van der Waals surface area contributed by atoms with Crippen LogP contribution in [-0.4, -0.2) is 6.34 Å². The van der Waals surface area contributed by atoms with Crippen LogP contribution in [0.4, 0.5) is 0 Å². The maximum absolute atomic E-state index is 8.15. The van der Waals surface area contributed by atoms with Crippen LogP contribution in [0.5, 0.6) is 0 Å². The van der Waals surface area contributed by atoms with E-state index in [0.29, 0.717) is 5.57 Å². The fourth-order valence-electron chi connectivity index (χ4n) is 0.220. The molecule has 46 valence electrons. The maximum Gasteiger partial charge on any atom is 0.0985 e. The average molecular weight is 121 g/mol. The van der Waals surface area contributed by atoms with E-state index in [4.69, 9.17) is 11.0 Å². The maximum atomic E-state index is 8.15. The summed E-state index contributed by atoms with van der Waals surface area (Å²) in [5, 5.41) is 8.15. The average Bonchev–Trinajstić information content (AvgIpc) is 1.89. The highest BCUT2D eigenvalue weighted by molar-refractivity contribution is 5.52. The zero-order valence-electron chi connectivity index (χ0n) is 4.91. The molecule has 0 spiro atoms. The van der Waals surface area contributed by atoms with E-state index in [0.717, 1.165) is 6.34 Å². The third-order valence-corrected chi connectivity index (χ3v) is 0.591. The minimum absolute atomic E-state index is 0.362. The van der Waals surface area contributed by atoms with Crippen LogP contribution in [-0.2, 0) is 0 Å². The fraction of sp³-hybridized carbons (Fsp3) is 0. The highest BCUT2D eigenvalue weighted by atomic mass is 14.8. The number of nitrogens with zero attached hydrogens (tertiary/aromatic N) is 2. The van der Waals surface area contributed by atoms with Crippen LogP contribution in [0.25, 0.3) is 0 Å². The van der Waals surface area contributed by atoms with Crippen molar-refractivity contribution in [1.82, 2.24) is 0 Å². The summed E-state index contributed by atoms with van der Waals surface area (Å²) in [6, 6.07) is 1.83. The highest BCUT2D eigenvalue weighted by Crippen LogP contribution is 1.87. The lowest BCUT2D eigenvalue weighted by atomic mass is 10.3. The van der Waals surface area contributed by atoms with E-state index in [-0.39, 0.29) is 0 Å². The van der Waals surface area contributed by atoms with E-state index in [1.54, 1.807) is 0 Å². The first kappa shape index (κ1) is 7.44. The van der Waals surface area contributed by atoms with Gasteiger partial charge in [0.05, 0.1) is 12.4 Å². The van der Waals surface area contributed by atoms with Gasteiger partial charge in [-0.15, -0.1) is 0 Å². The quantitative estimate of drug-likeness (QED) is 0.251. The normalized spacial score (nSPS) is 10.1. The molecule has 0 fully saturated rings.